The van der Waals surface area contributed by atoms with Gasteiger partial charge in [0.1, 0.15) is 5.75 Å². The zero-order chi connectivity index (χ0) is 10.4. The minimum atomic E-state index is 0.772. The van der Waals surface area contributed by atoms with Crippen molar-refractivity contribution in [3.8, 4) is 5.75 Å². The Bertz CT molecular complexity index is 284. The molecule has 2 nitrogen and oxygen atoms in total. The monoisotopic (exact) mass is 193 g/mol. The third kappa shape index (κ3) is 3.04. The Balaban J connectivity index is 2.65. The molecule has 0 aliphatic rings. The van der Waals surface area contributed by atoms with Gasteiger partial charge in [-0.1, -0.05) is 12.1 Å². The zero-order valence-electron chi connectivity index (χ0n) is 9.05. The van der Waals surface area contributed by atoms with Crippen molar-refractivity contribution in [3.05, 3.63) is 29.3 Å². The summed E-state index contributed by atoms with van der Waals surface area (Å²) in [6, 6.07) is 6.35. The predicted molar refractivity (Wildman–Crippen MR) is 59.7 cm³/mol. The Labute approximate surface area is 86.1 Å². The minimum absolute atomic E-state index is 0.772. The van der Waals surface area contributed by atoms with E-state index in [2.05, 4.69) is 25.1 Å². The van der Waals surface area contributed by atoms with Gasteiger partial charge in [-0.25, -0.2) is 0 Å². The molecule has 1 aromatic rings. The molecule has 0 fully saturated rings. The van der Waals surface area contributed by atoms with E-state index in [4.69, 9.17) is 10.5 Å². The van der Waals surface area contributed by atoms with Crippen molar-refractivity contribution in [1.82, 2.24) is 0 Å². The second kappa shape index (κ2) is 5.66. The first kappa shape index (κ1) is 11.1. The molecule has 0 unspecified atom stereocenters. The van der Waals surface area contributed by atoms with Crippen LogP contribution in [0.5, 0.6) is 5.75 Å². The highest BCUT2D eigenvalue weighted by Crippen LogP contribution is 2.21. The molecule has 1 aromatic carbocycles. The molecule has 0 bridgehead atoms. The Hall–Kier alpha value is -1.02. The number of ether oxygens (including phenoxy) is 1. The molecule has 0 saturated heterocycles. The fourth-order valence-electron chi connectivity index (χ4n) is 1.52. The van der Waals surface area contributed by atoms with Crippen LogP contribution in [-0.4, -0.2) is 13.7 Å². The van der Waals surface area contributed by atoms with E-state index in [0.717, 1.165) is 31.6 Å². The highest BCUT2D eigenvalue weighted by atomic mass is 16.5. The van der Waals surface area contributed by atoms with E-state index in [0.29, 0.717) is 0 Å². The van der Waals surface area contributed by atoms with Crippen molar-refractivity contribution < 1.29 is 4.74 Å². The molecule has 0 aliphatic heterocycles. The van der Waals surface area contributed by atoms with Crippen molar-refractivity contribution in [3.63, 3.8) is 0 Å². The molecule has 0 amide bonds. The number of nitrogens with two attached hydrogens (primary N) is 1. The summed E-state index contributed by atoms with van der Waals surface area (Å²) in [5, 5.41) is 0. The highest BCUT2D eigenvalue weighted by Gasteiger charge is 2.02. The lowest BCUT2D eigenvalue weighted by Crippen LogP contribution is -2.00. The molecule has 0 aliphatic carbocycles. The van der Waals surface area contributed by atoms with Gasteiger partial charge < -0.3 is 10.5 Å². The Morgan fingerprint density at radius 2 is 2.07 bits per heavy atom. The van der Waals surface area contributed by atoms with Crippen LogP contribution in [0.1, 0.15) is 24.0 Å². The van der Waals surface area contributed by atoms with Gasteiger partial charge in [0, 0.05) is 0 Å². The van der Waals surface area contributed by atoms with Gasteiger partial charge in [-0.2, -0.15) is 0 Å². The molecule has 0 aromatic heterocycles. The SMILES string of the molecule is COc1cc(C)ccc1CCCCN. The van der Waals surface area contributed by atoms with Gasteiger partial charge in [-0.15, -0.1) is 0 Å². The number of rotatable bonds is 5. The van der Waals surface area contributed by atoms with Crippen LogP contribution >= 0.6 is 0 Å². The average molecular weight is 193 g/mol. The maximum atomic E-state index is 5.46. The summed E-state index contributed by atoms with van der Waals surface area (Å²) < 4.78 is 5.33. The van der Waals surface area contributed by atoms with Crippen LogP contribution in [-0.2, 0) is 6.42 Å². The quantitative estimate of drug-likeness (QED) is 0.728. The largest absolute Gasteiger partial charge is 0.496 e. The number of hydrogen-bond donors (Lipinski definition) is 1. The van der Waals surface area contributed by atoms with Gasteiger partial charge in [0.2, 0.25) is 0 Å². The van der Waals surface area contributed by atoms with Crippen LogP contribution in [0.4, 0.5) is 0 Å². The molecular weight excluding hydrogens is 174 g/mol. The first-order valence-corrected chi connectivity index (χ1v) is 5.11. The van der Waals surface area contributed by atoms with Crippen LogP contribution in [0.2, 0.25) is 0 Å². The second-order valence-corrected chi connectivity index (χ2v) is 3.56. The van der Waals surface area contributed by atoms with E-state index >= 15 is 0 Å². The summed E-state index contributed by atoms with van der Waals surface area (Å²) in [5.41, 5.74) is 7.98. The van der Waals surface area contributed by atoms with E-state index in [1.807, 2.05) is 0 Å². The third-order valence-electron chi connectivity index (χ3n) is 2.34. The number of benzene rings is 1. The summed E-state index contributed by atoms with van der Waals surface area (Å²) in [5.74, 6) is 1.00. The summed E-state index contributed by atoms with van der Waals surface area (Å²) in [6.45, 7) is 2.85. The summed E-state index contributed by atoms with van der Waals surface area (Å²) >= 11 is 0. The van der Waals surface area contributed by atoms with Crippen molar-refractivity contribution >= 4 is 0 Å². The molecule has 0 heterocycles. The predicted octanol–water partition coefficient (Wildman–Crippen LogP) is 2.29. The first-order chi connectivity index (χ1) is 6.77. The van der Waals surface area contributed by atoms with Crippen molar-refractivity contribution in [1.29, 1.82) is 0 Å². The molecule has 2 heteroatoms. The molecule has 0 radical (unpaired) electrons. The fraction of sp³-hybridized carbons (Fsp3) is 0.500. The Kier molecular flexibility index (Phi) is 4.47. The lowest BCUT2D eigenvalue weighted by Gasteiger charge is -2.08. The summed E-state index contributed by atoms with van der Waals surface area (Å²) in [6.07, 6.45) is 3.27. The van der Waals surface area contributed by atoms with Gasteiger partial charge >= 0.3 is 0 Å². The molecule has 78 valence electrons. The normalized spacial score (nSPS) is 10.2. The summed E-state index contributed by atoms with van der Waals surface area (Å²) in [4.78, 5) is 0. The van der Waals surface area contributed by atoms with Gasteiger partial charge in [0.05, 0.1) is 7.11 Å². The lowest BCUT2D eigenvalue weighted by atomic mass is 10.1. The molecule has 0 atom stereocenters. The second-order valence-electron chi connectivity index (χ2n) is 3.56. The van der Waals surface area contributed by atoms with Crippen LogP contribution in [0.3, 0.4) is 0 Å². The smallest absolute Gasteiger partial charge is 0.122 e. The van der Waals surface area contributed by atoms with Gasteiger partial charge in [0.15, 0.2) is 0 Å². The summed E-state index contributed by atoms with van der Waals surface area (Å²) in [7, 11) is 1.72. The van der Waals surface area contributed by atoms with E-state index < -0.39 is 0 Å². The van der Waals surface area contributed by atoms with Gasteiger partial charge in [-0.3, -0.25) is 0 Å². The molecule has 1 rings (SSSR count). The van der Waals surface area contributed by atoms with E-state index in [1.165, 1.54) is 11.1 Å². The van der Waals surface area contributed by atoms with Crippen molar-refractivity contribution in [2.75, 3.05) is 13.7 Å². The standard InChI is InChI=1S/C12H19NO/c1-10-6-7-11(5-3-4-8-13)12(9-10)14-2/h6-7,9H,3-5,8,13H2,1-2H3. The van der Waals surface area contributed by atoms with E-state index in [-0.39, 0.29) is 0 Å². The topological polar surface area (TPSA) is 35.2 Å². The van der Waals surface area contributed by atoms with Crippen molar-refractivity contribution in [2.24, 2.45) is 5.73 Å². The molecule has 0 spiro atoms. The van der Waals surface area contributed by atoms with Crippen LogP contribution < -0.4 is 10.5 Å². The Morgan fingerprint density at radius 1 is 1.29 bits per heavy atom. The zero-order valence-corrected chi connectivity index (χ0v) is 9.05. The highest BCUT2D eigenvalue weighted by molar-refractivity contribution is 5.37. The van der Waals surface area contributed by atoms with Crippen LogP contribution in [0, 0.1) is 6.92 Å². The maximum absolute atomic E-state index is 5.46. The van der Waals surface area contributed by atoms with Gasteiger partial charge in [0.25, 0.3) is 0 Å². The maximum Gasteiger partial charge on any atom is 0.122 e. The molecule has 2 N–H and O–H groups in total. The number of methoxy groups -OCH3 is 1. The fourth-order valence-corrected chi connectivity index (χ4v) is 1.52. The van der Waals surface area contributed by atoms with Crippen LogP contribution in [0.15, 0.2) is 18.2 Å². The first-order valence-electron chi connectivity index (χ1n) is 5.11. The molecule has 0 saturated carbocycles. The average Bonchev–Trinajstić information content (AvgIpc) is 2.20. The number of unbranched alkanes of at least 4 members (excludes halogenated alkanes) is 1. The third-order valence-corrected chi connectivity index (χ3v) is 2.34. The minimum Gasteiger partial charge on any atom is -0.496 e. The van der Waals surface area contributed by atoms with Crippen molar-refractivity contribution in [2.45, 2.75) is 26.2 Å². The van der Waals surface area contributed by atoms with Gasteiger partial charge in [-0.05, 0) is 49.9 Å². The number of hydrogen-bond acceptors (Lipinski definition) is 2. The van der Waals surface area contributed by atoms with E-state index in [9.17, 15) is 0 Å². The lowest BCUT2D eigenvalue weighted by molar-refractivity contribution is 0.408. The van der Waals surface area contributed by atoms with Crippen LogP contribution in [0.25, 0.3) is 0 Å². The van der Waals surface area contributed by atoms with E-state index in [1.54, 1.807) is 7.11 Å². The molecule has 14 heavy (non-hydrogen) atoms. The Morgan fingerprint density at radius 3 is 2.71 bits per heavy atom. The molecular formula is C12H19NO. The number of aryl methyl sites for hydroxylation is 2.